The van der Waals surface area contributed by atoms with E-state index < -0.39 is 19.7 Å². The lowest BCUT2D eigenvalue weighted by Crippen LogP contribution is -2.51. The van der Waals surface area contributed by atoms with Crippen molar-refractivity contribution in [2.75, 3.05) is 30.9 Å². The maximum absolute atomic E-state index is 11.8. The summed E-state index contributed by atoms with van der Waals surface area (Å²) in [4.78, 5) is 0.0209. The average molecular weight is 304 g/mol. The molecule has 6 nitrogen and oxygen atoms in total. The maximum Gasteiger partial charge on any atom is 0.177 e. The van der Waals surface area contributed by atoms with Gasteiger partial charge in [0.05, 0.1) is 21.5 Å². The highest BCUT2D eigenvalue weighted by Crippen LogP contribution is 2.26. The van der Waals surface area contributed by atoms with Crippen LogP contribution in [0, 0.1) is 0 Å². The third-order valence-corrected chi connectivity index (χ3v) is 5.17. The van der Waals surface area contributed by atoms with Gasteiger partial charge < -0.3 is 10.6 Å². The molecule has 0 saturated carbocycles. The molecule has 1 aliphatic heterocycles. The van der Waals surface area contributed by atoms with Gasteiger partial charge in [0.15, 0.2) is 19.7 Å². The van der Waals surface area contributed by atoms with Crippen LogP contribution in [-0.4, -0.2) is 48.5 Å². The molecular formula is C11H16N2O4S2. The highest BCUT2D eigenvalue weighted by atomic mass is 32.2. The summed E-state index contributed by atoms with van der Waals surface area (Å²) >= 11 is 0. The van der Waals surface area contributed by atoms with Gasteiger partial charge in [0.25, 0.3) is 0 Å². The molecule has 1 fully saturated rings. The van der Waals surface area contributed by atoms with Gasteiger partial charge in [-0.15, -0.1) is 0 Å². The molecular weight excluding hydrogens is 288 g/mol. The van der Waals surface area contributed by atoms with Crippen LogP contribution in [0.4, 0.5) is 5.69 Å². The summed E-state index contributed by atoms with van der Waals surface area (Å²) in [5.41, 5.74) is 0.446. The molecule has 1 aliphatic rings. The van der Waals surface area contributed by atoms with Crippen LogP contribution in [-0.2, 0) is 19.7 Å². The minimum atomic E-state index is -3.49. The molecule has 0 spiro atoms. The zero-order valence-electron chi connectivity index (χ0n) is 10.7. The van der Waals surface area contributed by atoms with Gasteiger partial charge in [-0.25, -0.2) is 16.8 Å². The minimum Gasteiger partial charge on any atom is -0.379 e. The number of hydrogen-bond donors (Lipinski definition) is 2. The standard InChI is InChI=1S/C11H16N2O4S2/c1-18(14,15)9-3-4-10(13-8-6-12-7-8)11(5-9)19(2,16)17/h3-5,8,12-13H,6-7H2,1-2H3. The summed E-state index contributed by atoms with van der Waals surface area (Å²) < 4.78 is 46.5. The van der Waals surface area contributed by atoms with Crippen LogP contribution >= 0.6 is 0 Å². The third-order valence-electron chi connectivity index (χ3n) is 2.92. The van der Waals surface area contributed by atoms with Gasteiger partial charge in [-0.3, -0.25) is 0 Å². The van der Waals surface area contributed by atoms with Crippen LogP contribution < -0.4 is 10.6 Å². The Balaban J connectivity index is 2.48. The van der Waals surface area contributed by atoms with Crippen LogP contribution in [0.1, 0.15) is 0 Å². The molecule has 0 bridgehead atoms. The Labute approximate surface area is 113 Å². The van der Waals surface area contributed by atoms with Crippen molar-refractivity contribution >= 4 is 25.4 Å². The number of hydrogen-bond acceptors (Lipinski definition) is 6. The van der Waals surface area contributed by atoms with E-state index in [4.69, 9.17) is 0 Å². The van der Waals surface area contributed by atoms with Crippen molar-refractivity contribution in [3.63, 3.8) is 0 Å². The lowest BCUT2D eigenvalue weighted by atomic mass is 10.1. The normalized spacial score (nSPS) is 16.9. The van der Waals surface area contributed by atoms with E-state index in [1.807, 2.05) is 0 Å². The molecule has 0 unspecified atom stereocenters. The third kappa shape index (κ3) is 3.26. The number of benzene rings is 1. The van der Waals surface area contributed by atoms with Gasteiger partial charge in [-0.2, -0.15) is 0 Å². The van der Waals surface area contributed by atoms with E-state index >= 15 is 0 Å². The molecule has 1 aromatic carbocycles. The van der Waals surface area contributed by atoms with Crippen molar-refractivity contribution < 1.29 is 16.8 Å². The smallest absolute Gasteiger partial charge is 0.177 e. The van der Waals surface area contributed by atoms with E-state index in [0.717, 1.165) is 25.6 Å². The quantitative estimate of drug-likeness (QED) is 0.805. The molecule has 1 saturated heterocycles. The summed E-state index contributed by atoms with van der Waals surface area (Å²) in [6.07, 6.45) is 2.12. The van der Waals surface area contributed by atoms with E-state index in [1.165, 1.54) is 18.2 Å². The molecule has 8 heteroatoms. The molecule has 0 aromatic heterocycles. The summed E-state index contributed by atoms with van der Waals surface area (Å²) in [5.74, 6) is 0. The first-order chi connectivity index (χ1) is 8.68. The van der Waals surface area contributed by atoms with E-state index in [9.17, 15) is 16.8 Å². The van der Waals surface area contributed by atoms with Crippen LogP contribution in [0.3, 0.4) is 0 Å². The van der Waals surface area contributed by atoms with Gasteiger partial charge >= 0.3 is 0 Å². The minimum absolute atomic E-state index is 0.00482. The fourth-order valence-corrected chi connectivity index (χ4v) is 3.36. The molecule has 19 heavy (non-hydrogen) atoms. The SMILES string of the molecule is CS(=O)(=O)c1ccc(NC2CNC2)c(S(C)(=O)=O)c1. The Hall–Kier alpha value is -1.12. The molecule has 0 atom stereocenters. The first-order valence-corrected chi connectivity index (χ1v) is 9.47. The Morgan fingerprint density at radius 1 is 1.11 bits per heavy atom. The van der Waals surface area contributed by atoms with Crippen LogP contribution in [0.15, 0.2) is 28.0 Å². The predicted octanol–water partition coefficient (Wildman–Crippen LogP) is -0.123. The Morgan fingerprint density at radius 3 is 2.16 bits per heavy atom. The van der Waals surface area contributed by atoms with E-state index in [-0.39, 0.29) is 15.8 Å². The second kappa shape index (κ2) is 4.77. The lowest BCUT2D eigenvalue weighted by molar-refractivity contribution is 0.471. The van der Waals surface area contributed by atoms with E-state index in [0.29, 0.717) is 5.69 Å². The monoisotopic (exact) mass is 304 g/mol. The van der Waals surface area contributed by atoms with Crippen molar-refractivity contribution in [3.05, 3.63) is 18.2 Å². The molecule has 2 rings (SSSR count). The highest BCUT2D eigenvalue weighted by molar-refractivity contribution is 7.91. The first-order valence-electron chi connectivity index (χ1n) is 5.69. The summed E-state index contributed by atoms with van der Waals surface area (Å²) in [6, 6.07) is 4.30. The fraction of sp³-hybridized carbons (Fsp3) is 0.455. The molecule has 0 aliphatic carbocycles. The van der Waals surface area contributed by atoms with Crippen molar-refractivity contribution in [3.8, 4) is 0 Å². The number of nitrogens with one attached hydrogen (secondary N) is 2. The van der Waals surface area contributed by atoms with Crippen molar-refractivity contribution in [1.82, 2.24) is 5.32 Å². The Morgan fingerprint density at radius 2 is 1.74 bits per heavy atom. The van der Waals surface area contributed by atoms with Gasteiger partial charge in [0.2, 0.25) is 0 Å². The van der Waals surface area contributed by atoms with E-state index in [1.54, 1.807) is 0 Å². The molecule has 2 N–H and O–H groups in total. The topological polar surface area (TPSA) is 92.3 Å². The van der Waals surface area contributed by atoms with Gasteiger partial charge in [0, 0.05) is 25.6 Å². The van der Waals surface area contributed by atoms with Crippen LogP contribution in [0.2, 0.25) is 0 Å². The largest absolute Gasteiger partial charge is 0.379 e. The van der Waals surface area contributed by atoms with Gasteiger partial charge in [-0.05, 0) is 18.2 Å². The van der Waals surface area contributed by atoms with Crippen molar-refractivity contribution in [2.24, 2.45) is 0 Å². The summed E-state index contributed by atoms with van der Waals surface area (Å²) in [7, 11) is -6.92. The first kappa shape index (κ1) is 14.3. The van der Waals surface area contributed by atoms with Gasteiger partial charge in [-0.1, -0.05) is 0 Å². The number of sulfone groups is 2. The van der Waals surface area contributed by atoms with Crippen LogP contribution in [0.25, 0.3) is 0 Å². The zero-order valence-corrected chi connectivity index (χ0v) is 12.3. The highest BCUT2D eigenvalue weighted by Gasteiger charge is 2.22. The molecule has 1 aromatic rings. The summed E-state index contributed by atoms with van der Waals surface area (Å²) in [5, 5.41) is 6.16. The van der Waals surface area contributed by atoms with Crippen LogP contribution in [0.5, 0.6) is 0 Å². The Bertz CT molecular complexity index is 691. The Kier molecular flexibility index (Phi) is 3.59. The van der Waals surface area contributed by atoms with Crippen molar-refractivity contribution in [1.29, 1.82) is 0 Å². The number of anilines is 1. The molecule has 106 valence electrons. The predicted molar refractivity (Wildman–Crippen MR) is 72.9 cm³/mol. The molecule has 0 radical (unpaired) electrons. The van der Waals surface area contributed by atoms with Crippen molar-refractivity contribution in [2.45, 2.75) is 15.8 Å². The molecule has 1 heterocycles. The lowest BCUT2D eigenvalue weighted by Gasteiger charge is -2.29. The average Bonchev–Trinajstić information content (AvgIpc) is 2.20. The fourth-order valence-electron chi connectivity index (χ4n) is 1.77. The summed E-state index contributed by atoms with van der Waals surface area (Å²) in [6.45, 7) is 1.52. The maximum atomic E-state index is 11.8. The second-order valence-electron chi connectivity index (χ2n) is 4.70. The van der Waals surface area contributed by atoms with Gasteiger partial charge in [0.1, 0.15) is 0 Å². The zero-order chi connectivity index (χ0) is 14.3. The number of rotatable bonds is 4. The molecule has 0 amide bonds. The second-order valence-corrected chi connectivity index (χ2v) is 8.70. The van der Waals surface area contributed by atoms with E-state index in [2.05, 4.69) is 10.6 Å².